The predicted octanol–water partition coefficient (Wildman–Crippen LogP) is 0.626. The first kappa shape index (κ1) is 11.7. The Kier molecular flexibility index (Phi) is 3.19. The Balaban J connectivity index is 2.16. The second-order valence-electron chi connectivity index (χ2n) is 3.43. The molecule has 0 bridgehead atoms. The Bertz CT molecular complexity index is 482. The van der Waals surface area contributed by atoms with Crippen molar-refractivity contribution in [1.29, 1.82) is 0 Å². The molecule has 1 aliphatic heterocycles. The smallest absolute Gasteiger partial charge is 0.357 e. The van der Waals surface area contributed by atoms with Crippen LogP contribution >= 0.6 is 11.3 Å². The SMILES string of the molecule is CCOC(=O)c1csc(N2CC(=O)CC2=O)n1. The second kappa shape index (κ2) is 4.62. The highest BCUT2D eigenvalue weighted by molar-refractivity contribution is 7.14. The second-order valence-corrected chi connectivity index (χ2v) is 4.27. The summed E-state index contributed by atoms with van der Waals surface area (Å²) in [5.74, 6) is -0.935. The summed E-state index contributed by atoms with van der Waals surface area (Å²) in [6.07, 6.45) is -0.0890. The minimum atomic E-state index is -0.520. The quantitative estimate of drug-likeness (QED) is 0.584. The van der Waals surface area contributed by atoms with Crippen LogP contribution in [0.5, 0.6) is 0 Å². The molecule has 0 aliphatic carbocycles. The van der Waals surface area contributed by atoms with Crippen molar-refractivity contribution in [1.82, 2.24) is 4.98 Å². The van der Waals surface area contributed by atoms with Gasteiger partial charge in [0.25, 0.3) is 0 Å². The monoisotopic (exact) mass is 254 g/mol. The Morgan fingerprint density at radius 3 is 2.94 bits per heavy atom. The molecule has 1 aliphatic rings. The predicted molar refractivity (Wildman–Crippen MR) is 60.0 cm³/mol. The molecule has 0 saturated carbocycles. The first-order valence-corrected chi connectivity index (χ1v) is 5.94. The zero-order valence-electron chi connectivity index (χ0n) is 9.13. The number of nitrogens with zero attached hydrogens (tertiary/aromatic N) is 2. The van der Waals surface area contributed by atoms with Gasteiger partial charge in [-0.25, -0.2) is 9.78 Å². The number of carbonyl (C=O) groups excluding carboxylic acids is 3. The number of hydrogen-bond donors (Lipinski definition) is 0. The van der Waals surface area contributed by atoms with Crippen molar-refractivity contribution in [3.8, 4) is 0 Å². The minimum absolute atomic E-state index is 0.0363. The number of anilines is 1. The third kappa shape index (κ3) is 2.33. The maximum atomic E-state index is 11.4. The number of ketones is 1. The van der Waals surface area contributed by atoms with Crippen LogP contribution in [0.2, 0.25) is 0 Å². The van der Waals surface area contributed by atoms with E-state index in [0.717, 1.165) is 11.3 Å². The third-order valence-electron chi connectivity index (χ3n) is 2.19. The number of esters is 1. The normalized spacial score (nSPS) is 15.5. The molecular formula is C10H10N2O4S. The number of hydrogen-bond acceptors (Lipinski definition) is 6. The highest BCUT2D eigenvalue weighted by Crippen LogP contribution is 2.24. The number of rotatable bonds is 3. The number of ether oxygens (including phenoxy) is 1. The summed E-state index contributed by atoms with van der Waals surface area (Å²) in [5, 5.41) is 1.88. The van der Waals surface area contributed by atoms with Crippen molar-refractivity contribution in [2.75, 3.05) is 18.1 Å². The van der Waals surface area contributed by atoms with Crippen LogP contribution in [-0.2, 0) is 14.3 Å². The molecule has 0 spiro atoms. The molecular weight excluding hydrogens is 244 g/mol. The molecule has 1 saturated heterocycles. The van der Waals surface area contributed by atoms with Gasteiger partial charge in [-0.15, -0.1) is 11.3 Å². The van der Waals surface area contributed by atoms with E-state index in [1.54, 1.807) is 6.92 Å². The third-order valence-corrected chi connectivity index (χ3v) is 3.06. The Labute approximate surface area is 101 Å². The number of amides is 1. The van der Waals surface area contributed by atoms with E-state index >= 15 is 0 Å². The molecule has 90 valence electrons. The maximum Gasteiger partial charge on any atom is 0.357 e. The molecule has 2 heterocycles. The van der Waals surface area contributed by atoms with Gasteiger partial charge in [-0.1, -0.05) is 0 Å². The average Bonchev–Trinajstić information content (AvgIpc) is 2.85. The van der Waals surface area contributed by atoms with E-state index in [9.17, 15) is 14.4 Å². The summed E-state index contributed by atoms with van der Waals surface area (Å²) in [7, 11) is 0. The van der Waals surface area contributed by atoms with Crippen LogP contribution in [0.1, 0.15) is 23.8 Å². The van der Waals surface area contributed by atoms with Gasteiger partial charge in [0.05, 0.1) is 19.6 Å². The van der Waals surface area contributed by atoms with Crippen LogP contribution in [0.25, 0.3) is 0 Å². The summed E-state index contributed by atoms with van der Waals surface area (Å²) >= 11 is 1.15. The van der Waals surface area contributed by atoms with Gasteiger partial charge in [0, 0.05) is 5.38 Å². The van der Waals surface area contributed by atoms with E-state index in [4.69, 9.17) is 4.74 Å². The van der Waals surface area contributed by atoms with E-state index in [2.05, 4.69) is 4.98 Å². The summed E-state index contributed by atoms with van der Waals surface area (Å²) in [4.78, 5) is 39.2. The molecule has 2 rings (SSSR count). The molecule has 0 N–H and O–H groups in total. The first-order chi connectivity index (χ1) is 8.11. The molecule has 6 nitrogen and oxygen atoms in total. The molecule has 17 heavy (non-hydrogen) atoms. The van der Waals surface area contributed by atoms with Crippen LogP contribution in [0, 0.1) is 0 Å². The van der Waals surface area contributed by atoms with E-state index < -0.39 is 5.97 Å². The van der Waals surface area contributed by atoms with Gasteiger partial charge in [-0.2, -0.15) is 0 Å². The zero-order chi connectivity index (χ0) is 12.4. The molecule has 0 unspecified atom stereocenters. The molecule has 1 aromatic rings. The van der Waals surface area contributed by atoms with Crippen LogP contribution in [0.4, 0.5) is 5.13 Å². The number of Topliss-reactive ketones (excluding diaryl/α,β-unsaturated/α-hetero) is 1. The van der Waals surface area contributed by atoms with Crippen molar-refractivity contribution in [3.63, 3.8) is 0 Å². The van der Waals surface area contributed by atoms with Gasteiger partial charge < -0.3 is 4.74 Å². The lowest BCUT2D eigenvalue weighted by molar-refractivity contribution is -0.121. The molecule has 0 radical (unpaired) electrons. The lowest BCUT2D eigenvalue weighted by atomic mass is 10.3. The van der Waals surface area contributed by atoms with E-state index in [0.29, 0.717) is 5.13 Å². The minimum Gasteiger partial charge on any atom is -0.461 e. The largest absolute Gasteiger partial charge is 0.461 e. The molecule has 0 aromatic carbocycles. The Hall–Kier alpha value is -1.76. The van der Waals surface area contributed by atoms with E-state index in [1.807, 2.05) is 0 Å². The summed E-state index contributed by atoms with van der Waals surface area (Å²) < 4.78 is 4.79. The van der Waals surface area contributed by atoms with Gasteiger partial charge in [0.2, 0.25) is 5.91 Å². The zero-order valence-corrected chi connectivity index (χ0v) is 9.95. The fourth-order valence-corrected chi connectivity index (χ4v) is 2.26. The van der Waals surface area contributed by atoms with Crippen molar-refractivity contribution in [2.45, 2.75) is 13.3 Å². The topological polar surface area (TPSA) is 76.6 Å². The summed E-state index contributed by atoms with van der Waals surface area (Å²) in [5.41, 5.74) is 0.166. The standard InChI is InChI=1S/C10H10N2O4S/c1-2-16-9(15)7-5-17-10(11-7)12-4-6(13)3-8(12)14/h5H,2-4H2,1H3. The van der Waals surface area contributed by atoms with Crippen molar-refractivity contribution >= 4 is 34.1 Å². The van der Waals surface area contributed by atoms with Gasteiger partial charge in [-0.05, 0) is 6.92 Å². The van der Waals surface area contributed by atoms with Crippen molar-refractivity contribution < 1.29 is 19.1 Å². The molecule has 1 amide bonds. The Morgan fingerprint density at radius 2 is 2.35 bits per heavy atom. The number of thiazole rings is 1. The lowest BCUT2D eigenvalue weighted by Crippen LogP contribution is -2.24. The summed E-state index contributed by atoms with van der Waals surface area (Å²) in [6, 6.07) is 0. The van der Waals surface area contributed by atoms with Crippen LogP contribution in [0.15, 0.2) is 5.38 Å². The van der Waals surface area contributed by atoms with Crippen LogP contribution < -0.4 is 4.90 Å². The Morgan fingerprint density at radius 1 is 1.59 bits per heavy atom. The first-order valence-electron chi connectivity index (χ1n) is 5.06. The highest BCUT2D eigenvalue weighted by Gasteiger charge is 2.31. The summed E-state index contributed by atoms with van der Waals surface area (Å²) in [6.45, 7) is 2.01. The van der Waals surface area contributed by atoms with Gasteiger partial charge in [0.1, 0.15) is 0 Å². The fraction of sp³-hybridized carbons (Fsp3) is 0.400. The number of aromatic nitrogens is 1. The van der Waals surface area contributed by atoms with Gasteiger partial charge in [0.15, 0.2) is 16.6 Å². The molecule has 0 atom stereocenters. The van der Waals surface area contributed by atoms with Crippen molar-refractivity contribution in [3.05, 3.63) is 11.1 Å². The number of carbonyl (C=O) groups is 3. The van der Waals surface area contributed by atoms with Gasteiger partial charge in [-0.3, -0.25) is 14.5 Å². The van der Waals surface area contributed by atoms with Crippen LogP contribution in [0.3, 0.4) is 0 Å². The highest BCUT2D eigenvalue weighted by atomic mass is 32.1. The van der Waals surface area contributed by atoms with E-state index in [-0.39, 0.29) is 37.0 Å². The molecule has 1 aromatic heterocycles. The van der Waals surface area contributed by atoms with Crippen LogP contribution in [-0.4, -0.2) is 35.8 Å². The fourth-order valence-electron chi connectivity index (χ4n) is 1.45. The van der Waals surface area contributed by atoms with Gasteiger partial charge >= 0.3 is 5.97 Å². The maximum absolute atomic E-state index is 11.4. The molecule has 1 fully saturated rings. The lowest BCUT2D eigenvalue weighted by Gasteiger charge is -2.08. The van der Waals surface area contributed by atoms with Crippen molar-refractivity contribution in [2.24, 2.45) is 0 Å². The van der Waals surface area contributed by atoms with E-state index in [1.165, 1.54) is 10.3 Å². The average molecular weight is 254 g/mol. The molecule has 7 heteroatoms.